The summed E-state index contributed by atoms with van der Waals surface area (Å²) in [4.78, 5) is 25.2. The molecule has 0 aliphatic rings. The summed E-state index contributed by atoms with van der Waals surface area (Å²) in [6.45, 7) is 0. The zero-order chi connectivity index (χ0) is 11.5. The van der Waals surface area contributed by atoms with Crippen molar-refractivity contribution in [3.05, 3.63) is 44.0 Å². The maximum Gasteiger partial charge on any atom is 0.338 e. The van der Waals surface area contributed by atoms with Crippen LogP contribution in [0, 0.1) is 10.1 Å². The van der Waals surface area contributed by atoms with Crippen LogP contribution >= 0.6 is 32.4 Å². The zero-order valence-electron chi connectivity index (χ0n) is 7.65. The SMILES string of the molecule is O=c1nc(Sc2ccc([N+](=O)[O-])cc2)ss1. The van der Waals surface area contributed by atoms with Gasteiger partial charge in [-0.15, -0.1) is 0 Å². The molecule has 0 amide bonds. The monoisotopic (exact) mass is 272 g/mol. The molecule has 1 heterocycles. The summed E-state index contributed by atoms with van der Waals surface area (Å²) in [7, 11) is 2.38. The van der Waals surface area contributed by atoms with E-state index in [1.807, 2.05) is 0 Å². The minimum atomic E-state index is -0.449. The molecule has 0 unspecified atom stereocenters. The summed E-state index contributed by atoms with van der Waals surface area (Å²) < 4.78 is 0.656. The molecule has 0 saturated heterocycles. The van der Waals surface area contributed by atoms with E-state index >= 15 is 0 Å². The Hall–Kier alpha value is -1.25. The Kier molecular flexibility index (Phi) is 3.32. The van der Waals surface area contributed by atoms with Crippen molar-refractivity contribution in [1.82, 2.24) is 4.98 Å². The van der Waals surface area contributed by atoms with E-state index in [9.17, 15) is 14.9 Å². The van der Waals surface area contributed by atoms with E-state index in [1.165, 1.54) is 34.2 Å². The molecule has 0 aliphatic carbocycles. The number of non-ortho nitro benzene ring substituents is 1. The van der Waals surface area contributed by atoms with Gasteiger partial charge in [-0.25, -0.2) is 0 Å². The van der Waals surface area contributed by atoms with E-state index in [-0.39, 0.29) is 10.6 Å². The van der Waals surface area contributed by atoms with Crippen LogP contribution in [0.1, 0.15) is 0 Å². The van der Waals surface area contributed by atoms with Gasteiger partial charge in [0.25, 0.3) is 5.69 Å². The predicted octanol–water partition coefficient (Wildman–Crippen LogP) is 2.62. The summed E-state index contributed by atoms with van der Waals surface area (Å²) in [5.41, 5.74) is 0.0517. The van der Waals surface area contributed by atoms with Crippen molar-refractivity contribution in [2.45, 2.75) is 9.24 Å². The Labute approximate surface area is 101 Å². The molecule has 0 N–H and O–H groups in total. The van der Waals surface area contributed by atoms with E-state index in [1.54, 1.807) is 12.1 Å². The Morgan fingerprint density at radius 1 is 1.25 bits per heavy atom. The summed E-state index contributed by atoms with van der Waals surface area (Å²) >= 11 is 1.32. The third-order valence-corrected chi connectivity index (χ3v) is 4.91. The van der Waals surface area contributed by atoms with E-state index in [0.29, 0.717) is 4.34 Å². The second-order valence-corrected chi connectivity index (χ2v) is 6.05. The summed E-state index contributed by atoms with van der Waals surface area (Å²) in [5.74, 6) is 0. The number of aromatic nitrogens is 1. The van der Waals surface area contributed by atoms with Crippen molar-refractivity contribution in [2.75, 3.05) is 0 Å². The van der Waals surface area contributed by atoms with Crippen molar-refractivity contribution >= 4 is 38.1 Å². The van der Waals surface area contributed by atoms with E-state index in [4.69, 9.17) is 0 Å². The Morgan fingerprint density at radius 3 is 2.44 bits per heavy atom. The first-order valence-electron chi connectivity index (χ1n) is 4.04. The number of hydrogen-bond acceptors (Lipinski definition) is 7. The van der Waals surface area contributed by atoms with Gasteiger partial charge in [-0.3, -0.25) is 14.9 Å². The largest absolute Gasteiger partial charge is 0.338 e. The lowest BCUT2D eigenvalue weighted by molar-refractivity contribution is -0.384. The van der Waals surface area contributed by atoms with Crippen LogP contribution in [0.4, 0.5) is 5.69 Å². The van der Waals surface area contributed by atoms with Gasteiger partial charge >= 0.3 is 4.87 Å². The first-order valence-corrected chi connectivity index (χ1v) is 7.01. The second kappa shape index (κ2) is 4.73. The maximum absolute atomic E-state index is 10.8. The van der Waals surface area contributed by atoms with Crippen LogP contribution in [0.15, 0.2) is 38.3 Å². The third kappa shape index (κ3) is 2.65. The highest BCUT2D eigenvalue weighted by Crippen LogP contribution is 2.30. The number of nitrogens with zero attached hydrogens (tertiary/aromatic N) is 2. The van der Waals surface area contributed by atoms with Gasteiger partial charge in [0.15, 0.2) is 4.34 Å². The molecule has 2 rings (SSSR count). The van der Waals surface area contributed by atoms with E-state index in [0.717, 1.165) is 15.2 Å². The Bertz CT molecular complexity index is 560. The molecule has 0 fully saturated rings. The minimum Gasteiger partial charge on any atom is -0.258 e. The summed E-state index contributed by atoms with van der Waals surface area (Å²) in [6, 6.07) is 6.13. The molecule has 0 spiro atoms. The normalized spacial score (nSPS) is 10.2. The average molecular weight is 272 g/mol. The topological polar surface area (TPSA) is 73.1 Å². The van der Waals surface area contributed by atoms with Gasteiger partial charge < -0.3 is 0 Å². The van der Waals surface area contributed by atoms with Crippen LogP contribution in [0.5, 0.6) is 0 Å². The van der Waals surface area contributed by atoms with Gasteiger partial charge in [0, 0.05) is 17.0 Å². The Balaban J connectivity index is 2.17. The number of hydrogen-bond donors (Lipinski definition) is 0. The quantitative estimate of drug-likeness (QED) is 0.488. The van der Waals surface area contributed by atoms with Crippen molar-refractivity contribution in [3.8, 4) is 0 Å². The predicted molar refractivity (Wildman–Crippen MR) is 63.5 cm³/mol. The number of benzene rings is 1. The van der Waals surface area contributed by atoms with E-state index < -0.39 is 4.92 Å². The molecule has 2 aromatic rings. The van der Waals surface area contributed by atoms with Crippen LogP contribution < -0.4 is 4.87 Å². The van der Waals surface area contributed by atoms with Gasteiger partial charge in [0.2, 0.25) is 0 Å². The number of nitro benzene ring substituents is 1. The first-order chi connectivity index (χ1) is 7.65. The van der Waals surface area contributed by atoms with Crippen molar-refractivity contribution in [1.29, 1.82) is 0 Å². The Morgan fingerprint density at radius 2 is 1.94 bits per heavy atom. The molecule has 0 saturated carbocycles. The first kappa shape index (κ1) is 11.2. The number of nitro groups is 1. The lowest BCUT2D eigenvalue weighted by atomic mass is 10.3. The fourth-order valence-electron chi connectivity index (χ4n) is 0.960. The fourth-order valence-corrected chi connectivity index (χ4v) is 3.76. The van der Waals surface area contributed by atoms with Crippen LogP contribution in [-0.4, -0.2) is 9.91 Å². The van der Waals surface area contributed by atoms with Crippen molar-refractivity contribution in [3.63, 3.8) is 0 Å². The third-order valence-electron chi connectivity index (χ3n) is 1.62. The highest BCUT2D eigenvalue weighted by atomic mass is 32.9. The van der Waals surface area contributed by atoms with Gasteiger partial charge in [-0.2, -0.15) is 4.98 Å². The fraction of sp³-hybridized carbons (Fsp3) is 0. The minimum absolute atomic E-state index is 0.0517. The van der Waals surface area contributed by atoms with Crippen LogP contribution in [0.3, 0.4) is 0 Å². The molecule has 0 radical (unpaired) electrons. The number of rotatable bonds is 3. The molecular weight excluding hydrogens is 268 g/mol. The smallest absolute Gasteiger partial charge is 0.258 e. The van der Waals surface area contributed by atoms with Crippen molar-refractivity contribution < 1.29 is 4.92 Å². The molecule has 0 atom stereocenters. The molecule has 1 aromatic heterocycles. The molecule has 8 heteroatoms. The summed E-state index contributed by atoms with van der Waals surface area (Å²) in [6.07, 6.45) is 0. The molecule has 1 aromatic carbocycles. The van der Waals surface area contributed by atoms with Crippen LogP contribution in [0.25, 0.3) is 0 Å². The van der Waals surface area contributed by atoms with Gasteiger partial charge in [0.1, 0.15) is 0 Å². The van der Waals surface area contributed by atoms with Crippen molar-refractivity contribution in [2.24, 2.45) is 0 Å². The molecule has 82 valence electrons. The summed E-state index contributed by atoms with van der Waals surface area (Å²) in [5, 5.41) is 10.4. The lowest BCUT2D eigenvalue weighted by Crippen LogP contribution is -1.91. The van der Waals surface area contributed by atoms with Gasteiger partial charge in [0.05, 0.1) is 4.92 Å². The molecular formula is C8H4N2O3S3. The molecule has 16 heavy (non-hydrogen) atoms. The van der Waals surface area contributed by atoms with Gasteiger partial charge in [-0.05, 0) is 32.8 Å². The molecule has 0 aliphatic heterocycles. The highest BCUT2D eigenvalue weighted by Gasteiger charge is 2.06. The van der Waals surface area contributed by atoms with Crippen LogP contribution in [0.2, 0.25) is 0 Å². The maximum atomic E-state index is 10.8. The zero-order valence-corrected chi connectivity index (χ0v) is 10.1. The van der Waals surface area contributed by atoms with Gasteiger partial charge in [-0.1, -0.05) is 11.8 Å². The second-order valence-electron chi connectivity index (χ2n) is 2.66. The standard InChI is InChI=1S/C8H4N2O3S3/c11-7-9-8(16-15-7)14-6-3-1-5(2-4-6)10(12)13/h1-4H. The van der Waals surface area contributed by atoms with E-state index in [2.05, 4.69) is 4.98 Å². The molecule has 0 bridgehead atoms. The highest BCUT2D eigenvalue weighted by molar-refractivity contribution is 8.02. The average Bonchev–Trinajstić information content (AvgIpc) is 2.65. The van der Waals surface area contributed by atoms with Crippen LogP contribution in [-0.2, 0) is 0 Å². The lowest BCUT2D eigenvalue weighted by Gasteiger charge is -1.95. The molecule has 5 nitrogen and oxygen atoms in total.